The second-order valence-electron chi connectivity index (χ2n) is 5.42. The third kappa shape index (κ3) is 5.32. The van der Waals surface area contributed by atoms with Gasteiger partial charge in [-0.15, -0.1) is 0 Å². The Morgan fingerprint density at radius 2 is 1.96 bits per heavy atom. The van der Waals surface area contributed by atoms with Gasteiger partial charge in [-0.1, -0.05) is 35.3 Å². The second-order valence-corrected chi connectivity index (χ2v) is 6.27. The third-order valence-electron chi connectivity index (χ3n) is 3.59. The van der Waals surface area contributed by atoms with Crippen molar-refractivity contribution in [3.05, 3.63) is 58.1 Å². The number of nitrogens with one attached hydrogen (secondary N) is 2. The summed E-state index contributed by atoms with van der Waals surface area (Å²) in [6.07, 6.45) is 0. The van der Waals surface area contributed by atoms with Crippen LogP contribution in [0.4, 0.5) is 16.2 Å². The number of anilines is 2. The molecule has 0 saturated heterocycles. The first-order valence-corrected chi connectivity index (χ1v) is 8.56. The van der Waals surface area contributed by atoms with Gasteiger partial charge in [-0.3, -0.25) is 0 Å². The maximum atomic E-state index is 12.0. The molecule has 128 valence electrons. The van der Waals surface area contributed by atoms with Crippen LogP contribution in [0.3, 0.4) is 0 Å². The van der Waals surface area contributed by atoms with Gasteiger partial charge in [0.25, 0.3) is 0 Å². The van der Waals surface area contributed by atoms with Crippen LogP contribution in [0.1, 0.15) is 12.5 Å². The van der Waals surface area contributed by atoms with Crippen LogP contribution in [0.2, 0.25) is 10.0 Å². The summed E-state index contributed by atoms with van der Waals surface area (Å²) in [4.78, 5) is 14.2. The van der Waals surface area contributed by atoms with E-state index in [1.165, 1.54) is 5.56 Å². The van der Waals surface area contributed by atoms with Gasteiger partial charge in [-0.05, 0) is 49.7 Å². The molecule has 0 aromatic heterocycles. The first kappa shape index (κ1) is 18.4. The van der Waals surface area contributed by atoms with Crippen LogP contribution in [0.5, 0.6) is 0 Å². The number of hydrogen-bond acceptors (Lipinski definition) is 2. The highest BCUT2D eigenvalue weighted by Crippen LogP contribution is 2.25. The van der Waals surface area contributed by atoms with E-state index in [1.54, 1.807) is 18.2 Å². The number of hydrogen-bond donors (Lipinski definition) is 2. The lowest BCUT2D eigenvalue weighted by Gasteiger charge is -2.23. The lowest BCUT2D eigenvalue weighted by Crippen LogP contribution is -2.37. The summed E-state index contributed by atoms with van der Waals surface area (Å²) in [5, 5.41) is 6.51. The van der Waals surface area contributed by atoms with Gasteiger partial charge in [-0.25, -0.2) is 4.79 Å². The molecular formula is C18H21Cl2N3O. The van der Waals surface area contributed by atoms with Crippen LogP contribution in [0, 0.1) is 6.92 Å². The molecule has 0 spiro atoms. The maximum absolute atomic E-state index is 12.0. The fourth-order valence-electron chi connectivity index (χ4n) is 2.36. The Hall–Kier alpha value is -1.91. The van der Waals surface area contributed by atoms with Crippen molar-refractivity contribution in [2.75, 3.05) is 29.9 Å². The average molecular weight is 366 g/mol. The van der Waals surface area contributed by atoms with E-state index in [2.05, 4.69) is 47.6 Å². The van der Waals surface area contributed by atoms with Gasteiger partial charge in [0.2, 0.25) is 0 Å². The van der Waals surface area contributed by atoms with Crippen LogP contribution in [-0.4, -0.2) is 25.7 Å². The van der Waals surface area contributed by atoms with Crippen molar-refractivity contribution >= 4 is 40.6 Å². The van der Waals surface area contributed by atoms with Gasteiger partial charge in [0.15, 0.2) is 0 Å². The predicted octanol–water partition coefficient (Wildman–Crippen LogP) is 4.95. The van der Waals surface area contributed by atoms with E-state index in [-0.39, 0.29) is 6.03 Å². The zero-order valence-corrected chi connectivity index (χ0v) is 15.3. The summed E-state index contributed by atoms with van der Waals surface area (Å²) >= 11 is 11.9. The van der Waals surface area contributed by atoms with Crippen molar-refractivity contribution in [1.82, 2.24) is 5.32 Å². The highest BCUT2D eigenvalue weighted by Gasteiger charge is 2.08. The Morgan fingerprint density at radius 1 is 1.17 bits per heavy atom. The van der Waals surface area contributed by atoms with E-state index in [0.717, 1.165) is 18.8 Å². The maximum Gasteiger partial charge on any atom is 0.319 e. The van der Waals surface area contributed by atoms with Crippen molar-refractivity contribution in [2.45, 2.75) is 13.8 Å². The third-order valence-corrected chi connectivity index (χ3v) is 4.16. The van der Waals surface area contributed by atoms with Gasteiger partial charge in [0, 0.05) is 30.3 Å². The molecule has 6 heteroatoms. The first-order valence-electron chi connectivity index (χ1n) is 7.81. The Balaban J connectivity index is 1.86. The topological polar surface area (TPSA) is 44.4 Å². The minimum atomic E-state index is -0.306. The fraction of sp³-hybridized carbons (Fsp3) is 0.278. The molecule has 2 aromatic carbocycles. The zero-order valence-electron chi connectivity index (χ0n) is 13.8. The Morgan fingerprint density at radius 3 is 2.67 bits per heavy atom. The quantitative estimate of drug-likeness (QED) is 0.760. The van der Waals surface area contributed by atoms with Crippen molar-refractivity contribution in [3.8, 4) is 0 Å². The molecule has 2 aromatic rings. The summed E-state index contributed by atoms with van der Waals surface area (Å²) in [5.41, 5.74) is 2.86. The number of likely N-dealkylation sites (N-methyl/N-ethyl adjacent to an activating group) is 1. The number of amides is 2. The standard InChI is InChI=1S/C18H21Cl2N3O/c1-3-23(15-6-4-5-13(2)11-15)10-9-21-18(24)22-17-12-14(19)7-8-16(17)20/h4-8,11-12H,3,9-10H2,1-2H3,(H2,21,22,24). The molecule has 0 aliphatic rings. The molecule has 0 atom stereocenters. The molecule has 0 heterocycles. The van der Waals surface area contributed by atoms with E-state index in [0.29, 0.717) is 22.3 Å². The number of halogens is 2. The second kappa shape index (κ2) is 8.81. The van der Waals surface area contributed by atoms with Gasteiger partial charge in [0.05, 0.1) is 10.7 Å². The molecule has 0 aliphatic carbocycles. The summed E-state index contributed by atoms with van der Waals surface area (Å²) < 4.78 is 0. The van der Waals surface area contributed by atoms with E-state index >= 15 is 0 Å². The van der Waals surface area contributed by atoms with Crippen LogP contribution >= 0.6 is 23.2 Å². The molecule has 0 unspecified atom stereocenters. The Bertz CT molecular complexity index is 706. The normalized spacial score (nSPS) is 10.3. The number of rotatable bonds is 6. The van der Waals surface area contributed by atoms with Crippen molar-refractivity contribution in [2.24, 2.45) is 0 Å². The van der Waals surface area contributed by atoms with Crippen LogP contribution in [-0.2, 0) is 0 Å². The van der Waals surface area contributed by atoms with Crippen molar-refractivity contribution in [1.29, 1.82) is 0 Å². The summed E-state index contributed by atoms with van der Waals surface area (Å²) in [7, 11) is 0. The Labute approximate surface area is 152 Å². The van der Waals surface area contributed by atoms with Crippen LogP contribution in [0.25, 0.3) is 0 Å². The largest absolute Gasteiger partial charge is 0.370 e. The zero-order chi connectivity index (χ0) is 17.5. The molecule has 2 N–H and O–H groups in total. The molecular weight excluding hydrogens is 345 g/mol. The monoisotopic (exact) mass is 365 g/mol. The number of carbonyl (C=O) groups excluding carboxylic acids is 1. The van der Waals surface area contributed by atoms with Crippen molar-refractivity contribution < 1.29 is 4.79 Å². The van der Waals surface area contributed by atoms with Crippen molar-refractivity contribution in [3.63, 3.8) is 0 Å². The molecule has 24 heavy (non-hydrogen) atoms. The SMILES string of the molecule is CCN(CCNC(=O)Nc1cc(Cl)ccc1Cl)c1cccc(C)c1. The summed E-state index contributed by atoms with van der Waals surface area (Å²) in [6.45, 7) is 6.27. The van der Waals surface area contributed by atoms with Crippen LogP contribution < -0.4 is 15.5 Å². The molecule has 2 amide bonds. The summed E-state index contributed by atoms with van der Waals surface area (Å²) in [5.74, 6) is 0. The Kier molecular flexibility index (Phi) is 6.76. The number of aryl methyl sites for hydroxylation is 1. The van der Waals surface area contributed by atoms with Gasteiger partial charge in [0.1, 0.15) is 0 Å². The lowest BCUT2D eigenvalue weighted by molar-refractivity contribution is 0.252. The van der Waals surface area contributed by atoms with Crippen LogP contribution in [0.15, 0.2) is 42.5 Å². The van der Waals surface area contributed by atoms with Gasteiger partial charge >= 0.3 is 6.03 Å². The lowest BCUT2D eigenvalue weighted by atomic mass is 10.2. The molecule has 0 bridgehead atoms. The molecule has 0 aliphatic heterocycles. The molecule has 0 saturated carbocycles. The smallest absolute Gasteiger partial charge is 0.319 e. The van der Waals surface area contributed by atoms with Gasteiger partial charge < -0.3 is 15.5 Å². The van der Waals surface area contributed by atoms with E-state index in [1.807, 2.05) is 6.07 Å². The molecule has 4 nitrogen and oxygen atoms in total. The minimum Gasteiger partial charge on any atom is -0.370 e. The predicted molar refractivity (Wildman–Crippen MR) is 103 cm³/mol. The minimum absolute atomic E-state index is 0.306. The van der Waals surface area contributed by atoms with E-state index < -0.39 is 0 Å². The number of urea groups is 1. The average Bonchev–Trinajstić information content (AvgIpc) is 2.55. The highest BCUT2D eigenvalue weighted by molar-refractivity contribution is 6.35. The number of carbonyl (C=O) groups is 1. The highest BCUT2D eigenvalue weighted by atomic mass is 35.5. The molecule has 2 rings (SSSR count). The van der Waals surface area contributed by atoms with E-state index in [9.17, 15) is 4.79 Å². The fourth-order valence-corrected chi connectivity index (χ4v) is 2.70. The molecule has 0 radical (unpaired) electrons. The van der Waals surface area contributed by atoms with E-state index in [4.69, 9.17) is 23.2 Å². The summed E-state index contributed by atoms with van der Waals surface area (Å²) in [6, 6.07) is 12.9. The first-order chi connectivity index (χ1) is 11.5. The number of nitrogens with zero attached hydrogens (tertiary/aromatic N) is 1. The van der Waals surface area contributed by atoms with Gasteiger partial charge in [-0.2, -0.15) is 0 Å². The molecule has 0 fully saturated rings. The number of benzene rings is 2.